The Hall–Kier alpha value is -2.10. The molecule has 0 aromatic carbocycles. The summed E-state index contributed by atoms with van der Waals surface area (Å²) in [6, 6.07) is -0.606. The molecule has 2 amide bonds. The number of nitrogens with one attached hydrogen (secondary N) is 1. The monoisotopic (exact) mass is 716 g/mol. The molecule has 5 atom stereocenters. The van der Waals surface area contributed by atoms with E-state index >= 15 is 0 Å². The number of Topliss-reactive ketones (excluding diaryl/α,β-unsaturated/α-hetero) is 3. The molecule has 0 spiro atoms. The molecule has 3 aliphatic carbocycles. The van der Waals surface area contributed by atoms with Gasteiger partial charge in [-0.2, -0.15) is 0 Å². The zero-order valence-electron chi connectivity index (χ0n) is 31.7. The lowest BCUT2D eigenvalue weighted by Crippen LogP contribution is -2.54. The molecule has 2 aliphatic heterocycles. The quantitative estimate of drug-likeness (QED) is 0.254. The van der Waals surface area contributed by atoms with Gasteiger partial charge in [0.15, 0.2) is 15.6 Å². The number of sulfone groups is 1. The van der Waals surface area contributed by atoms with Crippen LogP contribution in [-0.4, -0.2) is 71.1 Å². The molecule has 5 fully saturated rings. The van der Waals surface area contributed by atoms with Crippen molar-refractivity contribution in [3.63, 3.8) is 0 Å². The summed E-state index contributed by atoms with van der Waals surface area (Å²) in [5.74, 6) is -2.56. The molecular weight excluding hydrogens is 653 g/mol. The molecule has 2 saturated heterocycles. The van der Waals surface area contributed by atoms with Crippen LogP contribution in [0.3, 0.4) is 0 Å². The number of hydrogen-bond donors (Lipinski definition) is 1. The third-order valence-electron chi connectivity index (χ3n) is 13.9. The summed E-state index contributed by atoms with van der Waals surface area (Å²) in [5, 5.41) is 2.26. The Bertz CT molecular complexity index is 1420. The number of piperidine rings is 1. The predicted octanol–water partition coefficient (Wildman–Crippen LogP) is 6.54. The van der Waals surface area contributed by atoms with Gasteiger partial charge in [0.2, 0.25) is 11.7 Å². The van der Waals surface area contributed by atoms with Crippen LogP contribution in [0.1, 0.15) is 157 Å². The molecule has 5 aliphatic rings. The Morgan fingerprint density at radius 1 is 0.880 bits per heavy atom. The van der Waals surface area contributed by atoms with Gasteiger partial charge in [0.25, 0.3) is 5.91 Å². The van der Waals surface area contributed by atoms with Gasteiger partial charge in [-0.1, -0.05) is 71.6 Å². The van der Waals surface area contributed by atoms with Crippen molar-refractivity contribution in [1.29, 1.82) is 0 Å². The number of carbonyl (C=O) groups excluding carboxylic acids is 5. The third-order valence-corrected chi connectivity index (χ3v) is 17.0. The number of nitrogens with zero attached hydrogens (tertiary/aromatic N) is 1. The van der Waals surface area contributed by atoms with E-state index in [0.29, 0.717) is 32.2 Å². The van der Waals surface area contributed by atoms with Crippen molar-refractivity contribution in [1.82, 2.24) is 10.2 Å². The van der Waals surface area contributed by atoms with Crippen molar-refractivity contribution in [3.05, 3.63) is 0 Å². The molecule has 1 N–H and O–H groups in total. The van der Waals surface area contributed by atoms with Crippen LogP contribution in [0.25, 0.3) is 0 Å². The molecule has 0 aromatic rings. The highest BCUT2D eigenvalue weighted by atomic mass is 32.2. The zero-order chi connectivity index (χ0) is 36.6. The molecule has 10 heteroatoms. The summed E-state index contributed by atoms with van der Waals surface area (Å²) < 4.78 is 26.4. The van der Waals surface area contributed by atoms with E-state index in [0.717, 1.165) is 70.6 Å². The molecule has 9 nitrogen and oxygen atoms in total. The standard InChI is InChI=1S/C40H64N2O7S/c1-26(2)50(48,49)39(5,6)40(20-14-11-15-21-40)24-30(43)22-28-17-13-10-8-7-9-12-16-27(35(45)36(46)41-29-18-19-29)23-32(44)34-33-31(38(33,3)4)25-42(34)37(28)47/h26-29,31,33-34H,7-25H2,1-6H3,(H,41,46)/t27-,28-,31+,33+,34-/m1/s1. The molecule has 0 radical (unpaired) electrons. The molecule has 282 valence electrons. The third kappa shape index (κ3) is 7.80. The van der Waals surface area contributed by atoms with E-state index in [1.807, 2.05) is 0 Å². The first kappa shape index (κ1) is 39.1. The second kappa shape index (κ2) is 15.1. The van der Waals surface area contributed by atoms with Crippen LogP contribution in [0.4, 0.5) is 0 Å². The highest BCUT2D eigenvalue weighted by Crippen LogP contribution is 2.65. The molecule has 5 rings (SSSR count). The highest BCUT2D eigenvalue weighted by molar-refractivity contribution is 7.93. The fourth-order valence-corrected chi connectivity index (χ4v) is 12.2. The Morgan fingerprint density at radius 2 is 1.46 bits per heavy atom. The average Bonchev–Trinajstić information content (AvgIpc) is 3.91. The SMILES string of the molecule is CC(C)S(=O)(=O)C(C)(C)C1(CC(=O)C[C@H]2CCCCCCCC[C@@H](C(=O)C(=O)NC3CC3)CC(=O)[C@@H]3[C@@H]4[C@H](CN3C2=O)C4(C)C)CCCCC1. The lowest BCUT2D eigenvalue weighted by molar-refractivity contribution is -0.146. The molecule has 50 heavy (non-hydrogen) atoms. The second-order valence-electron chi connectivity index (χ2n) is 18.1. The van der Waals surface area contributed by atoms with Crippen molar-refractivity contribution in [2.75, 3.05) is 6.54 Å². The summed E-state index contributed by atoms with van der Waals surface area (Å²) in [6.45, 7) is 11.8. The largest absolute Gasteiger partial charge is 0.347 e. The average molecular weight is 717 g/mol. The van der Waals surface area contributed by atoms with Gasteiger partial charge in [0, 0.05) is 43.7 Å². The fraction of sp³-hybridized carbons (Fsp3) is 0.875. The van der Waals surface area contributed by atoms with Crippen LogP contribution in [0.2, 0.25) is 0 Å². The van der Waals surface area contributed by atoms with Gasteiger partial charge in [-0.05, 0) is 88.9 Å². The maximum absolute atomic E-state index is 14.6. The van der Waals surface area contributed by atoms with E-state index in [2.05, 4.69) is 19.2 Å². The minimum atomic E-state index is -3.52. The summed E-state index contributed by atoms with van der Waals surface area (Å²) in [6.07, 6.45) is 12.4. The van der Waals surface area contributed by atoms with Crippen LogP contribution < -0.4 is 5.32 Å². The first-order chi connectivity index (χ1) is 23.4. The number of ketones is 3. The van der Waals surface area contributed by atoms with E-state index < -0.39 is 54.8 Å². The normalized spacial score (nSPS) is 30.9. The number of hydrogen-bond acceptors (Lipinski definition) is 7. The Morgan fingerprint density at radius 3 is 2.06 bits per heavy atom. The van der Waals surface area contributed by atoms with Gasteiger partial charge in [0.1, 0.15) is 5.78 Å². The minimum absolute atomic E-state index is 0.00502. The number of amides is 2. The van der Waals surface area contributed by atoms with Crippen LogP contribution in [-0.2, 0) is 33.8 Å². The topological polar surface area (TPSA) is 135 Å². The van der Waals surface area contributed by atoms with Gasteiger partial charge >= 0.3 is 0 Å². The first-order valence-electron chi connectivity index (χ1n) is 19.9. The van der Waals surface area contributed by atoms with Gasteiger partial charge in [-0.15, -0.1) is 0 Å². The predicted molar refractivity (Wildman–Crippen MR) is 194 cm³/mol. The smallest absolute Gasteiger partial charge is 0.287 e. The van der Waals surface area contributed by atoms with Gasteiger partial charge in [-0.25, -0.2) is 8.42 Å². The lowest BCUT2D eigenvalue weighted by atomic mass is 9.63. The van der Waals surface area contributed by atoms with Crippen molar-refractivity contribution >= 4 is 39.0 Å². The van der Waals surface area contributed by atoms with Gasteiger partial charge in [0.05, 0.1) is 16.0 Å². The number of rotatable bonds is 10. The minimum Gasteiger partial charge on any atom is -0.347 e. The summed E-state index contributed by atoms with van der Waals surface area (Å²) in [7, 11) is -3.52. The van der Waals surface area contributed by atoms with Crippen LogP contribution in [0.5, 0.6) is 0 Å². The summed E-state index contributed by atoms with van der Waals surface area (Å²) in [4.78, 5) is 71.0. The van der Waals surface area contributed by atoms with Crippen LogP contribution >= 0.6 is 0 Å². The van der Waals surface area contributed by atoms with Crippen molar-refractivity contribution < 1.29 is 32.4 Å². The summed E-state index contributed by atoms with van der Waals surface area (Å²) in [5.41, 5.74) is -0.783. The van der Waals surface area contributed by atoms with Crippen LogP contribution in [0, 0.1) is 34.5 Å². The van der Waals surface area contributed by atoms with Crippen molar-refractivity contribution in [3.8, 4) is 0 Å². The van der Waals surface area contributed by atoms with E-state index in [1.54, 1.807) is 32.6 Å². The van der Waals surface area contributed by atoms with E-state index in [-0.39, 0.29) is 60.0 Å². The fourth-order valence-electron chi connectivity index (χ4n) is 10.1. The zero-order valence-corrected chi connectivity index (χ0v) is 32.5. The number of fused-ring (bicyclic) bond motifs is 3. The lowest BCUT2D eigenvalue weighted by Gasteiger charge is -2.49. The molecule has 3 saturated carbocycles. The first-order valence-corrected chi connectivity index (χ1v) is 21.4. The van der Waals surface area contributed by atoms with Crippen molar-refractivity contribution in [2.24, 2.45) is 34.5 Å². The van der Waals surface area contributed by atoms with Crippen molar-refractivity contribution in [2.45, 2.75) is 179 Å². The Labute approximate surface area is 301 Å². The Balaban J connectivity index is 1.38. The molecule has 0 unspecified atom stereocenters. The molecule has 0 bridgehead atoms. The van der Waals surface area contributed by atoms with Gasteiger partial charge < -0.3 is 10.2 Å². The van der Waals surface area contributed by atoms with Gasteiger partial charge in [-0.3, -0.25) is 24.0 Å². The van der Waals surface area contributed by atoms with E-state index in [9.17, 15) is 32.4 Å². The maximum Gasteiger partial charge on any atom is 0.287 e. The van der Waals surface area contributed by atoms with E-state index in [4.69, 9.17) is 0 Å². The molecular formula is C40H64N2O7S. The Kier molecular flexibility index (Phi) is 11.8. The summed E-state index contributed by atoms with van der Waals surface area (Å²) >= 11 is 0. The molecule has 0 aromatic heterocycles. The second-order valence-corrected chi connectivity index (χ2v) is 21.2. The molecule has 2 heterocycles. The van der Waals surface area contributed by atoms with E-state index in [1.165, 1.54) is 0 Å². The highest BCUT2D eigenvalue weighted by Gasteiger charge is 2.69. The van der Waals surface area contributed by atoms with Crippen LogP contribution in [0.15, 0.2) is 0 Å². The maximum atomic E-state index is 14.6. The number of carbonyl (C=O) groups is 5.